The van der Waals surface area contributed by atoms with E-state index in [-0.39, 0.29) is 24.0 Å². The second-order valence-corrected chi connectivity index (χ2v) is 9.05. The smallest absolute Gasteiger partial charge is 0.191 e. The van der Waals surface area contributed by atoms with Crippen LogP contribution in [0.25, 0.3) is 0 Å². The number of guanidine groups is 1. The highest BCUT2D eigenvalue weighted by Crippen LogP contribution is 2.36. The van der Waals surface area contributed by atoms with E-state index in [0.717, 1.165) is 38.7 Å². The van der Waals surface area contributed by atoms with Crippen molar-refractivity contribution >= 4 is 41.3 Å². The summed E-state index contributed by atoms with van der Waals surface area (Å²) < 4.78 is 0. The fraction of sp³-hybridized carbons (Fsp3) is 0.750. The van der Waals surface area contributed by atoms with Crippen molar-refractivity contribution in [2.75, 3.05) is 67.5 Å². The van der Waals surface area contributed by atoms with E-state index in [4.69, 9.17) is 0 Å². The molecule has 1 aromatic rings. The molecule has 3 atom stereocenters. The summed E-state index contributed by atoms with van der Waals surface area (Å²) in [5.74, 6) is 1.54. The summed E-state index contributed by atoms with van der Waals surface area (Å²) in [7, 11) is 8.56. The summed E-state index contributed by atoms with van der Waals surface area (Å²) in [5, 5.41) is 9.35. The molecule has 0 bridgehead atoms. The molecule has 0 radical (unpaired) electrons. The number of aliphatic imine (C=N–C) groups is 1. The van der Waals surface area contributed by atoms with Crippen LogP contribution in [0.2, 0.25) is 0 Å². The summed E-state index contributed by atoms with van der Waals surface area (Å²) in [6.07, 6.45) is 2.54. The molecule has 0 amide bonds. The zero-order valence-corrected chi connectivity index (χ0v) is 20.9. The number of hydrogen-bond donors (Lipinski definition) is 2. The maximum Gasteiger partial charge on any atom is 0.191 e. The van der Waals surface area contributed by atoms with Gasteiger partial charge in [0.15, 0.2) is 5.96 Å². The average Bonchev–Trinajstić information content (AvgIpc) is 3.18. The third kappa shape index (κ3) is 6.29. The standard InChI is InChI=1S/C20H36N6S.HI/c1-21-20(23-14-17-15-24(2)10-11-25(17)3)22-13-16-7-5-9-26(4)19(16)18-8-6-12-27-18;/h6,8,12,16-17,19H,5,7,9-11,13-15H2,1-4H3,(H2,21,22,23);1H. The normalized spacial score (nSPS) is 28.0. The van der Waals surface area contributed by atoms with Gasteiger partial charge in [0.1, 0.15) is 0 Å². The molecular weight excluding hydrogens is 483 g/mol. The molecule has 2 aliphatic rings. The molecule has 28 heavy (non-hydrogen) atoms. The number of nitrogens with one attached hydrogen (secondary N) is 2. The quantitative estimate of drug-likeness (QED) is 0.354. The Morgan fingerprint density at radius 2 is 1.93 bits per heavy atom. The number of rotatable bonds is 5. The number of piperidine rings is 1. The zero-order valence-electron chi connectivity index (χ0n) is 17.7. The fourth-order valence-corrected chi connectivity index (χ4v) is 5.35. The molecule has 3 unspecified atom stereocenters. The van der Waals surface area contributed by atoms with E-state index in [2.05, 4.69) is 69.0 Å². The number of nitrogens with zero attached hydrogens (tertiary/aromatic N) is 4. The molecule has 6 nitrogen and oxygen atoms in total. The Hall–Kier alpha value is -0.420. The van der Waals surface area contributed by atoms with E-state index in [1.165, 1.54) is 24.3 Å². The summed E-state index contributed by atoms with van der Waals surface area (Å²) in [6, 6.07) is 5.50. The first-order valence-corrected chi connectivity index (χ1v) is 11.0. The van der Waals surface area contributed by atoms with Gasteiger partial charge in [-0.15, -0.1) is 35.3 Å². The van der Waals surface area contributed by atoms with Gasteiger partial charge in [0.25, 0.3) is 0 Å². The minimum absolute atomic E-state index is 0. The van der Waals surface area contributed by atoms with Gasteiger partial charge in [0.05, 0.1) is 0 Å². The van der Waals surface area contributed by atoms with E-state index < -0.39 is 0 Å². The summed E-state index contributed by atoms with van der Waals surface area (Å²) in [6.45, 7) is 6.47. The van der Waals surface area contributed by atoms with Gasteiger partial charge in [-0.3, -0.25) is 14.8 Å². The van der Waals surface area contributed by atoms with Gasteiger partial charge in [0, 0.05) is 56.7 Å². The third-order valence-electron chi connectivity index (χ3n) is 6.08. The number of piperazine rings is 1. The van der Waals surface area contributed by atoms with Crippen molar-refractivity contribution in [1.82, 2.24) is 25.3 Å². The Morgan fingerprint density at radius 1 is 1.14 bits per heavy atom. The van der Waals surface area contributed by atoms with Crippen LogP contribution in [-0.2, 0) is 0 Å². The lowest BCUT2D eigenvalue weighted by Crippen LogP contribution is -2.55. The van der Waals surface area contributed by atoms with Crippen LogP contribution >= 0.6 is 35.3 Å². The molecule has 0 aliphatic carbocycles. The van der Waals surface area contributed by atoms with E-state index in [0.29, 0.717) is 18.0 Å². The van der Waals surface area contributed by atoms with Gasteiger partial charge < -0.3 is 15.5 Å². The molecule has 0 saturated carbocycles. The van der Waals surface area contributed by atoms with Crippen LogP contribution in [0.1, 0.15) is 23.8 Å². The predicted octanol–water partition coefficient (Wildman–Crippen LogP) is 2.16. The zero-order chi connectivity index (χ0) is 19.2. The average molecular weight is 521 g/mol. The summed E-state index contributed by atoms with van der Waals surface area (Å²) in [4.78, 5) is 13.3. The molecule has 3 heterocycles. The third-order valence-corrected chi connectivity index (χ3v) is 7.03. The minimum Gasteiger partial charge on any atom is -0.356 e. The molecule has 2 fully saturated rings. The summed E-state index contributed by atoms with van der Waals surface area (Å²) in [5.41, 5.74) is 0. The Balaban J connectivity index is 0.00000280. The second-order valence-electron chi connectivity index (χ2n) is 8.07. The first kappa shape index (κ1) is 23.9. The van der Waals surface area contributed by atoms with Crippen LogP contribution in [0.3, 0.4) is 0 Å². The Kier molecular flexibility index (Phi) is 9.96. The highest BCUT2D eigenvalue weighted by atomic mass is 127. The Morgan fingerprint density at radius 3 is 2.64 bits per heavy atom. The van der Waals surface area contributed by atoms with Gasteiger partial charge in [-0.05, 0) is 57.9 Å². The van der Waals surface area contributed by atoms with Crippen LogP contribution in [0, 0.1) is 5.92 Å². The lowest BCUT2D eigenvalue weighted by molar-refractivity contribution is 0.116. The molecule has 1 aromatic heterocycles. The van der Waals surface area contributed by atoms with Gasteiger partial charge >= 0.3 is 0 Å². The number of likely N-dealkylation sites (N-methyl/N-ethyl adjacent to an activating group) is 2. The van der Waals surface area contributed by atoms with Crippen LogP contribution in [0.4, 0.5) is 0 Å². The second kappa shape index (κ2) is 11.7. The molecule has 0 spiro atoms. The Bertz CT molecular complexity index is 596. The van der Waals surface area contributed by atoms with Crippen LogP contribution in [0.5, 0.6) is 0 Å². The van der Waals surface area contributed by atoms with Crippen molar-refractivity contribution in [2.24, 2.45) is 10.9 Å². The molecular formula is C20H37IN6S. The van der Waals surface area contributed by atoms with Crippen molar-refractivity contribution in [1.29, 1.82) is 0 Å². The van der Waals surface area contributed by atoms with Crippen LogP contribution in [-0.4, -0.2) is 94.2 Å². The molecule has 2 N–H and O–H groups in total. The highest BCUT2D eigenvalue weighted by Gasteiger charge is 2.31. The van der Waals surface area contributed by atoms with E-state index in [9.17, 15) is 0 Å². The first-order chi connectivity index (χ1) is 13.1. The lowest BCUT2D eigenvalue weighted by atomic mass is 9.88. The summed E-state index contributed by atoms with van der Waals surface area (Å²) >= 11 is 1.88. The molecule has 2 aliphatic heterocycles. The van der Waals surface area contributed by atoms with Crippen molar-refractivity contribution < 1.29 is 0 Å². The number of halogens is 1. The topological polar surface area (TPSA) is 46.1 Å². The fourth-order valence-electron chi connectivity index (χ4n) is 4.37. The maximum absolute atomic E-state index is 4.46. The van der Waals surface area contributed by atoms with Crippen molar-refractivity contribution in [3.05, 3.63) is 22.4 Å². The first-order valence-electron chi connectivity index (χ1n) is 10.2. The number of hydrogen-bond acceptors (Lipinski definition) is 5. The minimum atomic E-state index is 0. The molecule has 0 aromatic carbocycles. The predicted molar refractivity (Wildman–Crippen MR) is 131 cm³/mol. The van der Waals surface area contributed by atoms with E-state index in [1.54, 1.807) is 0 Å². The highest BCUT2D eigenvalue weighted by molar-refractivity contribution is 14.0. The van der Waals surface area contributed by atoms with Gasteiger partial charge in [-0.2, -0.15) is 0 Å². The molecule has 3 rings (SSSR count). The molecule has 8 heteroatoms. The molecule has 160 valence electrons. The Labute approximate surface area is 191 Å². The van der Waals surface area contributed by atoms with Crippen LogP contribution < -0.4 is 10.6 Å². The number of likely N-dealkylation sites (tertiary alicyclic amines) is 1. The van der Waals surface area contributed by atoms with E-state index >= 15 is 0 Å². The van der Waals surface area contributed by atoms with Crippen molar-refractivity contribution in [2.45, 2.75) is 24.9 Å². The van der Waals surface area contributed by atoms with Gasteiger partial charge in [-0.1, -0.05) is 6.07 Å². The van der Waals surface area contributed by atoms with Crippen molar-refractivity contribution in [3.63, 3.8) is 0 Å². The number of thiophene rings is 1. The van der Waals surface area contributed by atoms with Gasteiger partial charge in [0.2, 0.25) is 0 Å². The van der Waals surface area contributed by atoms with Crippen LogP contribution in [0.15, 0.2) is 22.5 Å². The molecule has 2 saturated heterocycles. The van der Waals surface area contributed by atoms with Gasteiger partial charge in [-0.25, -0.2) is 0 Å². The lowest BCUT2D eigenvalue weighted by Gasteiger charge is -2.39. The largest absolute Gasteiger partial charge is 0.356 e. The van der Waals surface area contributed by atoms with Crippen molar-refractivity contribution in [3.8, 4) is 0 Å². The SMILES string of the molecule is CN=C(NCC1CCCN(C)C1c1cccs1)NCC1CN(C)CCN1C.I. The maximum atomic E-state index is 4.46. The van der Waals surface area contributed by atoms with E-state index in [1.807, 2.05) is 18.4 Å². The monoisotopic (exact) mass is 520 g/mol.